The van der Waals surface area contributed by atoms with Gasteiger partial charge in [0.1, 0.15) is 0 Å². The first-order valence-corrected chi connectivity index (χ1v) is 7.67. The first-order valence-electron chi connectivity index (χ1n) is 6.59. The molecule has 2 rings (SSSR count). The minimum Gasteiger partial charge on any atom is -0.338 e. The summed E-state index contributed by atoms with van der Waals surface area (Å²) < 4.78 is 0.962. The largest absolute Gasteiger partial charge is 0.338 e. The quantitative estimate of drug-likeness (QED) is 0.744. The number of carbonyl (C=O) groups excluding carboxylic acids is 2. The number of carbonyl (C=O) groups is 2. The highest BCUT2D eigenvalue weighted by Gasteiger charge is 2.25. The van der Waals surface area contributed by atoms with E-state index in [1.165, 1.54) is 0 Å². The summed E-state index contributed by atoms with van der Waals surface area (Å²) >= 11 is 2.18. The smallest absolute Gasteiger partial charge is 0.255 e. The number of benzene rings is 1. The van der Waals surface area contributed by atoms with Crippen molar-refractivity contribution in [2.75, 3.05) is 39.8 Å². The highest BCUT2D eigenvalue weighted by atomic mass is 127. The van der Waals surface area contributed by atoms with Gasteiger partial charge in [-0.05, 0) is 41.8 Å². The van der Waals surface area contributed by atoms with Crippen molar-refractivity contribution in [1.29, 1.82) is 0 Å². The maximum Gasteiger partial charge on any atom is 0.255 e. The first-order chi connectivity index (χ1) is 9.63. The van der Waals surface area contributed by atoms with Crippen molar-refractivity contribution in [1.82, 2.24) is 15.1 Å². The van der Waals surface area contributed by atoms with E-state index in [0.29, 0.717) is 32.7 Å². The van der Waals surface area contributed by atoms with E-state index in [-0.39, 0.29) is 24.2 Å². The highest BCUT2D eigenvalue weighted by molar-refractivity contribution is 14.1. The lowest BCUT2D eigenvalue weighted by atomic mass is 10.2. The molecule has 0 aliphatic carbocycles. The van der Waals surface area contributed by atoms with Gasteiger partial charge >= 0.3 is 0 Å². The number of piperazine rings is 1. The molecule has 21 heavy (non-hydrogen) atoms. The fourth-order valence-electron chi connectivity index (χ4n) is 2.23. The number of rotatable bonds is 3. The van der Waals surface area contributed by atoms with Crippen LogP contribution in [0, 0.1) is 3.57 Å². The van der Waals surface area contributed by atoms with Crippen molar-refractivity contribution in [3.63, 3.8) is 0 Å². The topological polar surface area (TPSA) is 52.7 Å². The van der Waals surface area contributed by atoms with Crippen LogP contribution in [0.4, 0.5) is 0 Å². The third-order valence-electron chi connectivity index (χ3n) is 3.35. The van der Waals surface area contributed by atoms with Gasteiger partial charge in [-0.15, -0.1) is 12.4 Å². The van der Waals surface area contributed by atoms with Gasteiger partial charge in [0.05, 0.1) is 12.1 Å². The third kappa shape index (κ3) is 4.55. The van der Waals surface area contributed by atoms with Crippen LogP contribution in [0.3, 0.4) is 0 Å². The SMILES string of the molecule is CNCC(=O)N1CCN(C(=O)c2ccccc2I)CC1.Cl. The molecular formula is C14H19ClIN3O2. The van der Waals surface area contributed by atoms with Gasteiger partial charge in [-0.25, -0.2) is 0 Å². The second-order valence-electron chi connectivity index (χ2n) is 4.68. The van der Waals surface area contributed by atoms with Gasteiger partial charge in [0, 0.05) is 29.7 Å². The molecule has 0 bridgehead atoms. The summed E-state index contributed by atoms with van der Waals surface area (Å²) in [6, 6.07) is 7.58. The van der Waals surface area contributed by atoms with E-state index < -0.39 is 0 Å². The Balaban J connectivity index is 0.00000220. The van der Waals surface area contributed by atoms with Gasteiger partial charge in [0.25, 0.3) is 5.91 Å². The molecule has 0 saturated carbocycles. The molecule has 1 aliphatic heterocycles. The number of hydrogen-bond acceptors (Lipinski definition) is 3. The molecule has 2 amide bonds. The average Bonchev–Trinajstić information content (AvgIpc) is 2.47. The summed E-state index contributed by atoms with van der Waals surface area (Å²) in [5.74, 6) is 0.143. The monoisotopic (exact) mass is 423 g/mol. The van der Waals surface area contributed by atoms with Crippen molar-refractivity contribution in [2.24, 2.45) is 0 Å². The Labute approximate surface area is 144 Å². The average molecular weight is 424 g/mol. The van der Waals surface area contributed by atoms with Crippen LogP contribution in [0.25, 0.3) is 0 Å². The first kappa shape index (κ1) is 18.2. The van der Waals surface area contributed by atoms with Crippen molar-refractivity contribution in [2.45, 2.75) is 0 Å². The van der Waals surface area contributed by atoms with E-state index in [9.17, 15) is 9.59 Å². The lowest BCUT2D eigenvalue weighted by Crippen LogP contribution is -2.52. The minimum absolute atomic E-state index is 0. The minimum atomic E-state index is 0. The van der Waals surface area contributed by atoms with Crippen molar-refractivity contribution >= 4 is 46.8 Å². The van der Waals surface area contributed by atoms with E-state index in [1.54, 1.807) is 11.9 Å². The molecule has 1 N–H and O–H groups in total. The molecule has 0 spiro atoms. The Morgan fingerprint density at radius 1 is 1.14 bits per heavy atom. The number of nitrogens with zero attached hydrogens (tertiary/aromatic N) is 2. The predicted molar refractivity (Wildman–Crippen MR) is 92.8 cm³/mol. The zero-order valence-electron chi connectivity index (χ0n) is 11.8. The Hall–Kier alpha value is -0.860. The second kappa shape index (κ2) is 8.55. The van der Waals surface area contributed by atoms with Gasteiger partial charge < -0.3 is 15.1 Å². The zero-order chi connectivity index (χ0) is 14.5. The van der Waals surface area contributed by atoms with E-state index in [1.807, 2.05) is 29.2 Å². The van der Waals surface area contributed by atoms with E-state index >= 15 is 0 Å². The van der Waals surface area contributed by atoms with Crippen molar-refractivity contribution in [3.8, 4) is 0 Å². The fourth-order valence-corrected chi connectivity index (χ4v) is 2.85. The molecule has 0 aromatic heterocycles. The highest BCUT2D eigenvalue weighted by Crippen LogP contribution is 2.15. The summed E-state index contributed by atoms with van der Waals surface area (Å²) in [6.45, 7) is 2.76. The summed E-state index contributed by atoms with van der Waals surface area (Å²) in [5, 5.41) is 2.86. The van der Waals surface area contributed by atoms with Crippen LogP contribution in [0.15, 0.2) is 24.3 Å². The molecule has 1 aliphatic rings. The normalized spacial score (nSPS) is 14.6. The molecule has 0 radical (unpaired) electrons. The van der Waals surface area contributed by atoms with Crippen LogP contribution in [0.5, 0.6) is 0 Å². The molecule has 0 unspecified atom stereocenters. The molecule has 1 heterocycles. The van der Waals surface area contributed by atoms with E-state index in [0.717, 1.165) is 9.13 Å². The molecular weight excluding hydrogens is 405 g/mol. The van der Waals surface area contributed by atoms with Gasteiger partial charge in [0.15, 0.2) is 0 Å². The Kier molecular flexibility index (Phi) is 7.41. The lowest BCUT2D eigenvalue weighted by Gasteiger charge is -2.35. The van der Waals surface area contributed by atoms with Crippen molar-refractivity contribution in [3.05, 3.63) is 33.4 Å². The van der Waals surface area contributed by atoms with E-state index in [2.05, 4.69) is 27.9 Å². The lowest BCUT2D eigenvalue weighted by molar-refractivity contribution is -0.131. The van der Waals surface area contributed by atoms with Crippen LogP contribution in [0.2, 0.25) is 0 Å². The number of halogens is 2. The van der Waals surface area contributed by atoms with E-state index in [4.69, 9.17) is 0 Å². The maximum absolute atomic E-state index is 12.4. The molecule has 1 fully saturated rings. The van der Waals surface area contributed by atoms with Crippen LogP contribution in [0.1, 0.15) is 10.4 Å². The predicted octanol–water partition coefficient (Wildman–Crippen LogP) is 1.22. The molecule has 7 heteroatoms. The fraction of sp³-hybridized carbons (Fsp3) is 0.429. The third-order valence-corrected chi connectivity index (χ3v) is 4.29. The van der Waals surface area contributed by atoms with Crippen molar-refractivity contribution < 1.29 is 9.59 Å². The Bertz CT molecular complexity index is 505. The summed E-state index contributed by atoms with van der Waals surface area (Å²) in [6.07, 6.45) is 0. The number of likely N-dealkylation sites (N-methyl/N-ethyl adjacent to an activating group) is 1. The number of hydrogen-bond donors (Lipinski definition) is 1. The Morgan fingerprint density at radius 2 is 1.71 bits per heavy atom. The molecule has 1 saturated heterocycles. The summed E-state index contributed by atoms with van der Waals surface area (Å²) in [7, 11) is 1.76. The zero-order valence-corrected chi connectivity index (χ0v) is 14.8. The number of amides is 2. The van der Waals surface area contributed by atoms with Crippen LogP contribution in [-0.4, -0.2) is 61.4 Å². The molecule has 116 valence electrons. The standard InChI is InChI=1S/C14H18IN3O2.ClH/c1-16-10-13(19)17-6-8-18(9-7-17)14(20)11-4-2-3-5-12(11)15;/h2-5,16H,6-10H2,1H3;1H. The van der Waals surface area contributed by atoms with Gasteiger partial charge in [-0.3, -0.25) is 9.59 Å². The Morgan fingerprint density at radius 3 is 2.29 bits per heavy atom. The van der Waals surface area contributed by atoms with Gasteiger partial charge in [-0.2, -0.15) is 0 Å². The van der Waals surface area contributed by atoms with Crippen LogP contribution >= 0.6 is 35.0 Å². The second-order valence-corrected chi connectivity index (χ2v) is 5.85. The summed E-state index contributed by atoms with van der Waals surface area (Å²) in [4.78, 5) is 27.8. The molecule has 0 atom stereocenters. The van der Waals surface area contributed by atoms with Gasteiger partial charge in [-0.1, -0.05) is 12.1 Å². The maximum atomic E-state index is 12.4. The molecule has 1 aromatic carbocycles. The molecule has 1 aromatic rings. The van der Waals surface area contributed by atoms with Crippen LogP contribution in [-0.2, 0) is 4.79 Å². The number of nitrogens with one attached hydrogen (secondary N) is 1. The summed E-state index contributed by atoms with van der Waals surface area (Å²) in [5.41, 5.74) is 0.739. The van der Waals surface area contributed by atoms with Gasteiger partial charge in [0.2, 0.25) is 5.91 Å². The molecule has 5 nitrogen and oxygen atoms in total. The van der Waals surface area contributed by atoms with Crippen LogP contribution < -0.4 is 5.32 Å².